The largest absolute Gasteiger partial charge is 0.122 e. The molecule has 0 aliphatic rings. The molecule has 0 aliphatic heterocycles. The molecule has 0 bridgehead atoms. The van der Waals surface area contributed by atoms with Crippen LogP contribution in [0.2, 0.25) is 0 Å². The zero-order valence-corrected chi connectivity index (χ0v) is 8.66. The van der Waals surface area contributed by atoms with Crippen molar-refractivity contribution >= 4 is 0 Å². The van der Waals surface area contributed by atoms with E-state index in [4.69, 9.17) is 0 Å². The Morgan fingerprint density at radius 2 is 2.07 bits per heavy atom. The second-order valence-corrected chi connectivity index (χ2v) is 3.26. The van der Waals surface area contributed by atoms with Crippen molar-refractivity contribution in [3.8, 4) is 0 Å². The second kappa shape index (κ2) is 6.01. The van der Waals surface area contributed by atoms with E-state index in [0.29, 0.717) is 0 Å². The van der Waals surface area contributed by atoms with E-state index in [-0.39, 0.29) is 0 Å². The van der Waals surface area contributed by atoms with E-state index in [1.165, 1.54) is 5.56 Å². The fourth-order valence-electron chi connectivity index (χ4n) is 1.18. The summed E-state index contributed by atoms with van der Waals surface area (Å²) >= 11 is 0. The van der Waals surface area contributed by atoms with Crippen LogP contribution in [0.1, 0.15) is 18.9 Å². The Morgan fingerprint density at radius 1 is 1.36 bits per heavy atom. The topological polar surface area (TPSA) is 0 Å². The smallest absolute Gasteiger partial charge is 0.0101 e. The van der Waals surface area contributed by atoms with Crippen molar-refractivity contribution in [3.05, 3.63) is 65.9 Å². The number of allylic oxidation sites excluding steroid dienone is 2. The number of aryl methyl sites for hydroxylation is 1. The number of hydrogen-bond donors (Lipinski definition) is 0. The van der Waals surface area contributed by atoms with Crippen LogP contribution in [0.4, 0.5) is 0 Å². The third kappa shape index (κ3) is 3.93. The van der Waals surface area contributed by atoms with Crippen molar-refractivity contribution in [2.45, 2.75) is 19.8 Å². The summed E-state index contributed by atoms with van der Waals surface area (Å²) < 4.78 is 0. The van der Waals surface area contributed by atoms with Gasteiger partial charge in [0.05, 0.1) is 0 Å². The van der Waals surface area contributed by atoms with Gasteiger partial charge in [-0.3, -0.25) is 0 Å². The van der Waals surface area contributed by atoms with Gasteiger partial charge in [0.1, 0.15) is 0 Å². The van der Waals surface area contributed by atoms with E-state index >= 15 is 0 Å². The highest BCUT2D eigenvalue weighted by Crippen LogP contribution is 2.02. The van der Waals surface area contributed by atoms with Crippen molar-refractivity contribution in [2.24, 2.45) is 0 Å². The lowest BCUT2D eigenvalue weighted by atomic mass is 10.1. The molecule has 0 heterocycles. The molecule has 0 spiro atoms. The van der Waals surface area contributed by atoms with Crippen LogP contribution in [-0.2, 0) is 6.42 Å². The van der Waals surface area contributed by atoms with Crippen LogP contribution < -0.4 is 0 Å². The summed E-state index contributed by atoms with van der Waals surface area (Å²) in [6.45, 7) is 5.68. The molecule has 1 aromatic rings. The number of hydrogen-bond acceptors (Lipinski definition) is 0. The van der Waals surface area contributed by atoms with E-state index in [0.717, 1.165) is 18.4 Å². The third-order valence-electron chi connectivity index (χ3n) is 2.06. The zero-order chi connectivity index (χ0) is 10.2. The first kappa shape index (κ1) is 10.6. The summed E-state index contributed by atoms with van der Waals surface area (Å²) in [6.07, 6.45) is 6.01. The molecule has 0 unspecified atom stereocenters. The quantitative estimate of drug-likeness (QED) is 0.491. The van der Waals surface area contributed by atoms with Crippen LogP contribution in [0.25, 0.3) is 0 Å². The van der Waals surface area contributed by atoms with Gasteiger partial charge in [-0.15, -0.1) is 5.73 Å². The molecule has 0 N–H and O–H groups in total. The fraction of sp³-hybridized carbons (Fsp3) is 0.214. The first-order valence-corrected chi connectivity index (χ1v) is 4.91. The predicted octanol–water partition coefficient (Wildman–Crippen LogP) is 3.91. The average molecular weight is 184 g/mol. The summed E-state index contributed by atoms with van der Waals surface area (Å²) in [7, 11) is 0. The minimum absolute atomic E-state index is 1.04. The first-order valence-electron chi connectivity index (χ1n) is 4.91. The van der Waals surface area contributed by atoms with Crippen LogP contribution in [-0.4, -0.2) is 0 Å². The maximum Gasteiger partial charge on any atom is -0.0101 e. The highest BCUT2D eigenvalue weighted by atomic mass is 13.9. The molecular weight excluding hydrogens is 168 g/mol. The Balaban J connectivity index is 2.43. The molecule has 0 fully saturated rings. The Hall–Kier alpha value is -1.52. The zero-order valence-electron chi connectivity index (χ0n) is 8.66. The lowest BCUT2D eigenvalue weighted by Crippen LogP contribution is -1.80. The van der Waals surface area contributed by atoms with Crippen molar-refractivity contribution < 1.29 is 0 Å². The molecule has 0 radical (unpaired) electrons. The van der Waals surface area contributed by atoms with Crippen LogP contribution in [0, 0.1) is 0 Å². The molecule has 14 heavy (non-hydrogen) atoms. The van der Waals surface area contributed by atoms with Gasteiger partial charge in [-0.2, -0.15) is 0 Å². The van der Waals surface area contributed by atoms with Gasteiger partial charge in [0.2, 0.25) is 0 Å². The maximum absolute atomic E-state index is 3.68. The Morgan fingerprint density at radius 3 is 2.71 bits per heavy atom. The van der Waals surface area contributed by atoms with Crippen molar-refractivity contribution in [1.29, 1.82) is 0 Å². The van der Waals surface area contributed by atoms with Gasteiger partial charge < -0.3 is 0 Å². The average Bonchev–Trinajstić information content (AvgIpc) is 2.25. The molecule has 0 aromatic heterocycles. The minimum Gasteiger partial charge on any atom is -0.122 e. The summed E-state index contributed by atoms with van der Waals surface area (Å²) in [4.78, 5) is 0. The second-order valence-electron chi connectivity index (χ2n) is 3.26. The molecule has 1 aromatic carbocycles. The molecule has 0 nitrogen and oxygen atoms in total. The Labute approximate surface area is 86.3 Å². The molecule has 0 amide bonds. The molecule has 72 valence electrons. The molecule has 0 saturated carbocycles. The van der Waals surface area contributed by atoms with Gasteiger partial charge in [-0.05, 0) is 37.0 Å². The van der Waals surface area contributed by atoms with Crippen molar-refractivity contribution in [1.82, 2.24) is 0 Å². The lowest BCUT2D eigenvalue weighted by molar-refractivity contribution is 1.00. The maximum atomic E-state index is 3.68. The van der Waals surface area contributed by atoms with E-state index in [2.05, 4.69) is 42.7 Å². The monoisotopic (exact) mass is 184 g/mol. The Kier molecular flexibility index (Phi) is 4.54. The van der Waals surface area contributed by atoms with Gasteiger partial charge >= 0.3 is 0 Å². The van der Waals surface area contributed by atoms with Crippen molar-refractivity contribution in [2.75, 3.05) is 0 Å². The summed E-state index contributed by atoms with van der Waals surface area (Å²) in [5.74, 6) is 0. The van der Waals surface area contributed by atoms with Crippen LogP contribution in [0.3, 0.4) is 0 Å². The molecule has 0 atom stereocenters. The predicted molar refractivity (Wildman–Crippen MR) is 62.2 cm³/mol. The highest BCUT2D eigenvalue weighted by molar-refractivity contribution is 5.16. The van der Waals surface area contributed by atoms with E-state index in [1.54, 1.807) is 0 Å². The van der Waals surface area contributed by atoms with Gasteiger partial charge in [0.25, 0.3) is 0 Å². The van der Waals surface area contributed by atoms with Crippen LogP contribution in [0.15, 0.2) is 60.4 Å². The SMILES string of the molecule is C=CC(C)=C=CCCc1ccccc1. The number of rotatable bonds is 4. The standard InChI is InChI=1S/C14H16/c1-3-13(2)9-7-8-12-14-10-5-4-6-11-14/h3-7,10-11H,1,8,12H2,2H3. The van der Waals surface area contributed by atoms with Gasteiger partial charge in [0.15, 0.2) is 0 Å². The molecular formula is C14H16. The summed E-state index contributed by atoms with van der Waals surface area (Å²) in [6, 6.07) is 10.5. The minimum atomic E-state index is 1.04. The summed E-state index contributed by atoms with van der Waals surface area (Å²) in [5.41, 5.74) is 5.65. The summed E-state index contributed by atoms with van der Waals surface area (Å²) in [5, 5.41) is 0. The lowest BCUT2D eigenvalue weighted by Gasteiger charge is -1.95. The van der Waals surface area contributed by atoms with E-state index < -0.39 is 0 Å². The highest BCUT2D eigenvalue weighted by Gasteiger charge is 1.87. The normalized spacial score (nSPS) is 8.93. The van der Waals surface area contributed by atoms with Crippen LogP contribution in [0.5, 0.6) is 0 Å². The van der Waals surface area contributed by atoms with Crippen molar-refractivity contribution in [3.63, 3.8) is 0 Å². The van der Waals surface area contributed by atoms with E-state index in [9.17, 15) is 0 Å². The van der Waals surface area contributed by atoms with Gasteiger partial charge in [-0.25, -0.2) is 0 Å². The van der Waals surface area contributed by atoms with Gasteiger partial charge in [0, 0.05) is 0 Å². The first-order chi connectivity index (χ1) is 6.83. The fourth-order valence-corrected chi connectivity index (χ4v) is 1.18. The Bertz CT molecular complexity index is 338. The molecule has 0 aliphatic carbocycles. The molecule has 0 saturated heterocycles. The number of benzene rings is 1. The van der Waals surface area contributed by atoms with Crippen LogP contribution >= 0.6 is 0 Å². The molecule has 1 rings (SSSR count). The van der Waals surface area contributed by atoms with E-state index in [1.807, 2.05) is 19.1 Å². The third-order valence-corrected chi connectivity index (χ3v) is 2.06. The van der Waals surface area contributed by atoms with Gasteiger partial charge in [-0.1, -0.05) is 43.0 Å². The molecule has 0 heteroatoms.